The zero-order chi connectivity index (χ0) is 10.7. The van der Waals surface area contributed by atoms with Crippen LogP contribution in [0, 0.1) is 6.92 Å². The Morgan fingerprint density at radius 2 is 2.13 bits per heavy atom. The van der Waals surface area contributed by atoms with E-state index in [1.54, 1.807) is 0 Å². The van der Waals surface area contributed by atoms with Crippen LogP contribution in [0.5, 0.6) is 11.5 Å². The lowest BCUT2D eigenvalue weighted by molar-refractivity contribution is 0.173. The normalized spacial score (nSPS) is 13.2. The van der Waals surface area contributed by atoms with Gasteiger partial charge < -0.3 is 15.2 Å². The number of fused-ring (bicyclic) bond motifs is 1. The van der Waals surface area contributed by atoms with E-state index in [-0.39, 0.29) is 0 Å². The molecule has 0 aliphatic carbocycles. The highest BCUT2D eigenvalue weighted by Crippen LogP contribution is 2.36. The zero-order valence-corrected chi connectivity index (χ0v) is 9.08. The number of aryl methyl sites for hydroxylation is 2. The molecule has 1 aliphatic heterocycles. The van der Waals surface area contributed by atoms with Crippen molar-refractivity contribution in [2.75, 3.05) is 13.3 Å². The molecule has 0 saturated heterocycles. The third-order valence-electron chi connectivity index (χ3n) is 2.64. The molecule has 0 spiro atoms. The molecular weight excluding hydrogens is 190 g/mol. The lowest BCUT2D eigenvalue weighted by Gasteiger charge is -2.05. The van der Waals surface area contributed by atoms with Gasteiger partial charge in [-0.25, -0.2) is 0 Å². The summed E-state index contributed by atoms with van der Waals surface area (Å²) in [5.41, 5.74) is 7.94. The number of hydrogen-bond acceptors (Lipinski definition) is 3. The molecule has 3 heteroatoms. The lowest BCUT2D eigenvalue weighted by Crippen LogP contribution is -1.99. The van der Waals surface area contributed by atoms with Crippen LogP contribution in [0.25, 0.3) is 0 Å². The van der Waals surface area contributed by atoms with E-state index in [1.807, 2.05) is 0 Å². The highest BCUT2D eigenvalue weighted by atomic mass is 16.7. The summed E-state index contributed by atoms with van der Waals surface area (Å²) < 4.78 is 10.7. The first-order valence-corrected chi connectivity index (χ1v) is 5.40. The van der Waals surface area contributed by atoms with Crippen LogP contribution in [0.3, 0.4) is 0 Å². The van der Waals surface area contributed by atoms with Gasteiger partial charge in [-0.05, 0) is 49.9 Å². The van der Waals surface area contributed by atoms with Crippen molar-refractivity contribution in [3.05, 3.63) is 23.3 Å². The number of benzene rings is 1. The number of hydrogen-bond donors (Lipinski definition) is 1. The van der Waals surface area contributed by atoms with Gasteiger partial charge in [-0.15, -0.1) is 0 Å². The topological polar surface area (TPSA) is 44.5 Å². The van der Waals surface area contributed by atoms with Gasteiger partial charge in [0.15, 0.2) is 11.5 Å². The molecule has 0 unspecified atom stereocenters. The molecule has 3 nitrogen and oxygen atoms in total. The second-order valence-electron chi connectivity index (χ2n) is 3.89. The van der Waals surface area contributed by atoms with Crippen molar-refractivity contribution in [2.24, 2.45) is 5.73 Å². The Morgan fingerprint density at radius 3 is 2.93 bits per heavy atom. The molecule has 0 amide bonds. The van der Waals surface area contributed by atoms with Gasteiger partial charge in [-0.2, -0.15) is 0 Å². The molecule has 0 aromatic heterocycles. The number of rotatable bonds is 4. The van der Waals surface area contributed by atoms with E-state index in [1.165, 1.54) is 5.56 Å². The summed E-state index contributed by atoms with van der Waals surface area (Å²) in [4.78, 5) is 0. The molecule has 82 valence electrons. The minimum absolute atomic E-state index is 0.350. The van der Waals surface area contributed by atoms with Crippen molar-refractivity contribution in [1.82, 2.24) is 0 Å². The monoisotopic (exact) mass is 207 g/mol. The molecule has 0 fully saturated rings. The van der Waals surface area contributed by atoms with Crippen molar-refractivity contribution >= 4 is 0 Å². The Morgan fingerprint density at radius 1 is 1.27 bits per heavy atom. The van der Waals surface area contributed by atoms with Gasteiger partial charge in [0.05, 0.1) is 0 Å². The summed E-state index contributed by atoms with van der Waals surface area (Å²) in [5.74, 6) is 1.79. The molecule has 0 bridgehead atoms. The van der Waals surface area contributed by atoms with Crippen LogP contribution in [0.1, 0.15) is 24.0 Å². The van der Waals surface area contributed by atoms with Gasteiger partial charge >= 0.3 is 0 Å². The van der Waals surface area contributed by atoms with Crippen molar-refractivity contribution in [3.8, 4) is 11.5 Å². The molecule has 1 heterocycles. The summed E-state index contributed by atoms with van der Waals surface area (Å²) >= 11 is 0. The predicted octanol–water partition coefficient (Wildman–Crippen LogP) is 2.01. The fourth-order valence-electron chi connectivity index (χ4n) is 1.88. The van der Waals surface area contributed by atoms with E-state index < -0.39 is 0 Å². The quantitative estimate of drug-likeness (QED) is 0.768. The van der Waals surface area contributed by atoms with Crippen molar-refractivity contribution in [1.29, 1.82) is 0 Å². The van der Waals surface area contributed by atoms with Gasteiger partial charge in [0.1, 0.15) is 0 Å². The summed E-state index contributed by atoms with van der Waals surface area (Å²) in [6.07, 6.45) is 3.28. The molecule has 2 N–H and O–H groups in total. The summed E-state index contributed by atoms with van der Waals surface area (Å²) in [6.45, 7) is 3.17. The number of unbranched alkanes of at least 4 members (excludes halogenated alkanes) is 1. The Bertz CT molecular complexity index is 350. The molecule has 0 atom stereocenters. The van der Waals surface area contributed by atoms with E-state index in [0.29, 0.717) is 6.79 Å². The van der Waals surface area contributed by atoms with Crippen molar-refractivity contribution in [2.45, 2.75) is 26.2 Å². The molecule has 0 saturated carbocycles. The maximum Gasteiger partial charge on any atom is 0.231 e. The van der Waals surface area contributed by atoms with Gasteiger partial charge in [-0.1, -0.05) is 6.07 Å². The van der Waals surface area contributed by atoms with Gasteiger partial charge in [0.25, 0.3) is 0 Å². The molecule has 15 heavy (non-hydrogen) atoms. The Hall–Kier alpha value is -1.22. The first-order chi connectivity index (χ1) is 7.31. The van der Waals surface area contributed by atoms with E-state index in [4.69, 9.17) is 15.2 Å². The average molecular weight is 207 g/mol. The minimum Gasteiger partial charge on any atom is -0.454 e. The summed E-state index contributed by atoms with van der Waals surface area (Å²) in [7, 11) is 0. The summed E-state index contributed by atoms with van der Waals surface area (Å²) in [5, 5.41) is 0. The maximum absolute atomic E-state index is 5.47. The Kier molecular flexibility index (Phi) is 3.11. The standard InChI is InChI=1S/C12H17NO2/c1-9-6-10(4-2-3-5-13)7-11-12(9)15-8-14-11/h6-7H,2-5,8,13H2,1H3. The SMILES string of the molecule is Cc1cc(CCCCN)cc2c1OCO2. The maximum atomic E-state index is 5.47. The Balaban J connectivity index is 2.09. The van der Waals surface area contributed by atoms with Gasteiger partial charge in [0.2, 0.25) is 6.79 Å². The van der Waals surface area contributed by atoms with Crippen LogP contribution in [-0.2, 0) is 6.42 Å². The van der Waals surface area contributed by atoms with E-state index >= 15 is 0 Å². The number of ether oxygens (including phenoxy) is 2. The fraction of sp³-hybridized carbons (Fsp3) is 0.500. The molecule has 0 radical (unpaired) electrons. The van der Waals surface area contributed by atoms with Crippen LogP contribution in [-0.4, -0.2) is 13.3 Å². The second-order valence-corrected chi connectivity index (χ2v) is 3.89. The van der Waals surface area contributed by atoms with Crippen molar-refractivity contribution < 1.29 is 9.47 Å². The average Bonchev–Trinajstić information content (AvgIpc) is 2.66. The van der Waals surface area contributed by atoms with Crippen LogP contribution in [0.4, 0.5) is 0 Å². The van der Waals surface area contributed by atoms with E-state index in [9.17, 15) is 0 Å². The van der Waals surface area contributed by atoms with Crippen LogP contribution >= 0.6 is 0 Å². The van der Waals surface area contributed by atoms with Crippen molar-refractivity contribution in [3.63, 3.8) is 0 Å². The van der Waals surface area contributed by atoms with E-state index in [0.717, 1.165) is 42.9 Å². The smallest absolute Gasteiger partial charge is 0.231 e. The largest absolute Gasteiger partial charge is 0.454 e. The minimum atomic E-state index is 0.350. The molecular formula is C12H17NO2. The highest BCUT2D eigenvalue weighted by Gasteiger charge is 2.16. The van der Waals surface area contributed by atoms with E-state index in [2.05, 4.69) is 19.1 Å². The third kappa shape index (κ3) is 2.23. The zero-order valence-electron chi connectivity index (χ0n) is 9.08. The number of nitrogens with two attached hydrogens (primary N) is 1. The highest BCUT2D eigenvalue weighted by molar-refractivity contribution is 5.50. The second kappa shape index (κ2) is 4.53. The molecule has 1 aliphatic rings. The molecule has 1 aromatic carbocycles. The molecule has 2 rings (SSSR count). The molecule has 1 aromatic rings. The van der Waals surface area contributed by atoms with Gasteiger partial charge in [0, 0.05) is 0 Å². The predicted molar refractivity (Wildman–Crippen MR) is 59.3 cm³/mol. The first-order valence-electron chi connectivity index (χ1n) is 5.40. The fourth-order valence-corrected chi connectivity index (χ4v) is 1.88. The third-order valence-corrected chi connectivity index (χ3v) is 2.64. The summed E-state index contributed by atoms with van der Waals surface area (Å²) in [6, 6.07) is 4.25. The van der Waals surface area contributed by atoms with Gasteiger partial charge in [-0.3, -0.25) is 0 Å². The van der Waals surface area contributed by atoms with Crippen LogP contribution in [0.2, 0.25) is 0 Å². The van der Waals surface area contributed by atoms with Crippen LogP contribution < -0.4 is 15.2 Å². The first kappa shape index (κ1) is 10.3. The van der Waals surface area contributed by atoms with Crippen LogP contribution in [0.15, 0.2) is 12.1 Å². The Labute approximate surface area is 90.2 Å². The lowest BCUT2D eigenvalue weighted by atomic mass is 10.0.